The molecule has 0 atom stereocenters. The van der Waals surface area contributed by atoms with Crippen LogP contribution in [0.5, 0.6) is 5.75 Å². The van der Waals surface area contributed by atoms with Crippen molar-refractivity contribution in [2.45, 2.75) is 6.42 Å². The lowest BCUT2D eigenvalue weighted by Crippen LogP contribution is -2.05. The average Bonchev–Trinajstić information content (AvgIpc) is 2.91. The smallest absolute Gasteiger partial charge is 0.201 e. The van der Waals surface area contributed by atoms with Crippen LogP contribution < -0.4 is 4.74 Å². The Kier molecular flexibility index (Phi) is 3.93. The van der Waals surface area contributed by atoms with Gasteiger partial charge in [0, 0.05) is 16.8 Å². The molecule has 106 valence electrons. The quantitative estimate of drug-likeness (QED) is 0.639. The van der Waals surface area contributed by atoms with Gasteiger partial charge in [0.25, 0.3) is 0 Å². The molecule has 3 aromatic rings. The third kappa shape index (κ3) is 3.26. The number of para-hydroxylation sites is 1. The van der Waals surface area contributed by atoms with Gasteiger partial charge < -0.3 is 9.15 Å². The van der Waals surface area contributed by atoms with Gasteiger partial charge >= 0.3 is 0 Å². The molecule has 0 saturated carbocycles. The van der Waals surface area contributed by atoms with E-state index >= 15 is 0 Å². The van der Waals surface area contributed by atoms with Crippen molar-refractivity contribution < 1.29 is 13.9 Å². The van der Waals surface area contributed by atoms with Crippen LogP contribution in [0, 0.1) is 0 Å². The molecular weight excluding hydrogens is 288 g/mol. The highest BCUT2D eigenvalue weighted by Gasteiger charge is 2.12. The summed E-state index contributed by atoms with van der Waals surface area (Å²) in [5, 5.41) is 1.45. The molecule has 0 aliphatic carbocycles. The summed E-state index contributed by atoms with van der Waals surface area (Å²) in [4.78, 5) is 12.1. The highest BCUT2D eigenvalue weighted by molar-refractivity contribution is 6.31. The summed E-state index contributed by atoms with van der Waals surface area (Å²) in [6.07, 6.45) is 0.266. The third-order valence-electron chi connectivity index (χ3n) is 3.09. The van der Waals surface area contributed by atoms with Gasteiger partial charge in [0.15, 0.2) is 5.76 Å². The van der Waals surface area contributed by atoms with Crippen molar-refractivity contribution in [1.29, 1.82) is 0 Å². The van der Waals surface area contributed by atoms with Gasteiger partial charge in [-0.05, 0) is 36.4 Å². The summed E-state index contributed by atoms with van der Waals surface area (Å²) in [5.41, 5.74) is 0.659. The van der Waals surface area contributed by atoms with Crippen LogP contribution in [-0.2, 0) is 0 Å². The highest BCUT2D eigenvalue weighted by Crippen LogP contribution is 2.23. The molecule has 3 nitrogen and oxygen atoms in total. The standard InChI is InChI=1S/C17H13ClO3/c18-13-6-7-16-12(10-13)11-17(21-16)15(19)8-9-20-14-4-2-1-3-5-14/h1-7,10-11H,8-9H2. The maximum Gasteiger partial charge on any atom is 0.201 e. The first-order chi connectivity index (χ1) is 10.2. The first-order valence-corrected chi connectivity index (χ1v) is 7.00. The molecule has 1 aromatic heterocycles. The minimum Gasteiger partial charge on any atom is -0.493 e. The highest BCUT2D eigenvalue weighted by atomic mass is 35.5. The zero-order chi connectivity index (χ0) is 14.7. The fourth-order valence-electron chi connectivity index (χ4n) is 2.05. The summed E-state index contributed by atoms with van der Waals surface area (Å²) in [5.74, 6) is 1.00. The van der Waals surface area contributed by atoms with Crippen LogP contribution >= 0.6 is 11.6 Å². The van der Waals surface area contributed by atoms with Gasteiger partial charge in [-0.3, -0.25) is 4.79 Å². The molecule has 0 bridgehead atoms. The first kappa shape index (κ1) is 13.7. The molecule has 2 aromatic carbocycles. The lowest BCUT2D eigenvalue weighted by atomic mass is 10.2. The Hall–Kier alpha value is -2.26. The van der Waals surface area contributed by atoms with Crippen LogP contribution in [-0.4, -0.2) is 12.4 Å². The summed E-state index contributed by atoms with van der Waals surface area (Å²) in [6, 6.07) is 16.4. The van der Waals surface area contributed by atoms with E-state index in [0.717, 1.165) is 11.1 Å². The van der Waals surface area contributed by atoms with E-state index in [0.29, 0.717) is 23.0 Å². The van der Waals surface area contributed by atoms with Gasteiger partial charge in [0.2, 0.25) is 5.78 Å². The van der Waals surface area contributed by atoms with E-state index in [1.165, 1.54) is 0 Å². The number of carbonyl (C=O) groups excluding carboxylic acids is 1. The molecular formula is C17H13ClO3. The van der Waals surface area contributed by atoms with Gasteiger partial charge in [0.1, 0.15) is 11.3 Å². The Labute approximate surface area is 127 Å². The van der Waals surface area contributed by atoms with Crippen LogP contribution in [0.2, 0.25) is 5.02 Å². The van der Waals surface area contributed by atoms with Crippen LogP contribution in [0.1, 0.15) is 17.0 Å². The van der Waals surface area contributed by atoms with Crippen LogP contribution in [0.25, 0.3) is 11.0 Å². The van der Waals surface area contributed by atoms with Crippen molar-refractivity contribution in [3.8, 4) is 5.75 Å². The molecule has 0 N–H and O–H groups in total. The second kappa shape index (κ2) is 6.02. The fraction of sp³-hybridized carbons (Fsp3) is 0.118. The van der Waals surface area contributed by atoms with Gasteiger partial charge in [-0.1, -0.05) is 29.8 Å². The van der Waals surface area contributed by atoms with Gasteiger partial charge in [0.05, 0.1) is 6.61 Å². The average molecular weight is 301 g/mol. The monoisotopic (exact) mass is 300 g/mol. The third-order valence-corrected chi connectivity index (χ3v) is 3.33. The maximum atomic E-state index is 12.1. The number of hydrogen-bond acceptors (Lipinski definition) is 3. The lowest BCUT2D eigenvalue weighted by molar-refractivity contribution is 0.0937. The molecule has 0 radical (unpaired) electrons. The number of hydrogen-bond donors (Lipinski definition) is 0. The summed E-state index contributed by atoms with van der Waals surface area (Å²) >= 11 is 5.91. The van der Waals surface area contributed by atoms with Crippen LogP contribution in [0.3, 0.4) is 0 Å². The number of halogens is 1. The Bertz CT molecular complexity index is 762. The molecule has 0 saturated heterocycles. The molecule has 0 aliphatic rings. The number of rotatable bonds is 5. The normalized spacial score (nSPS) is 10.7. The Balaban J connectivity index is 1.64. The molecule has 21 heavy (non-hydrogen) atoms. The van der Waals surface area contributed by atoms with Crippen LogP contribution in [0.15, 0.2) is 59.0 Å². The Morgan fingerprint density at radius 1 is 1.10 bits per heavy atom. The molecule has 0 spiro atoms. The van der Waals surface area contributed by atoms with Crippen molar-refractivity contribution in [3.63, 3.8) is 0 Å². The molecule has 0 amide bonds. The van der Waals surface area contributed by atoms with Crippen molar-refractivity contribution in [2.24, 2.45) is 0 Å². The molecule has 0 unspecified atom stereocenters. The van der Waals surface area contributed by atoms with Gasteiger partial charge in [-0.2, -0.15) is 0 Å². The van der Waals surface area contributed by atoms with Gasteiger partial charge in [-0.25, -0.2) is 0 Å². The van der Waals surface area contributed by atoms with Crippen molar-refractivity contribution in [3.05, 3.63) is 65.4 Å². The SMILES string of the molecule is O=C(CCOc1ccccc1)c1cc2cc(Cl)ccc2o1. The minimum absolute atomic E-state index is 0.0850. The first-order valence-electron chi connectivity index (χ1n) is 6.62. The number of fused-ring (bicyclic) bond motifs is 1. The van der Waals surface area contributed by atoms with Crippen molar-refractivity contribution in [2.75, 3.05) is 6.61 Å². The Morgan fingerprint density at radius 3 is 2.71 bits per heavy atom. The maximum absolute atomic E-state index is 12.1. The largest absolute Gasteiger partial charge is 0.493 e. The molecule has 0 fully saturated rings. The van der Waals surface area contributed by atoms with E-state index in [-0.39, 0.29) is 12.2 Å². The zero-order valence-electron chi connectivity index (χ0n) is 11.2. The van der Waals surface area contributed by atoms with Crippen molar-refractivity contribution >= 4 is 28.4 Å². The summed E-state index contributed by atoms with van der Waals surface area (Å²) in [7, 11) is 0. The number of benzene rings is 2. The predicted octanol–water partition coefficient (Wildman–Crippen LogP) is 4.74. The second-order valence-electron chi connectivity index (χ2n) is 4.63. The molecule has 0 aliphatic heterocycles. The van der Waals surface area contributed by atoms with E-state index in [4.69, 9.17) is 20.8 Å². The van der Waals surface area contributed by atoms with Crippen molar-refractivity contribution in [1.82, 2.24) is 0 Å². The van der Waals surface area contributed by atoms with Crippen LogP contribution in [0.4, 0.5) is 0 Å². The molecule has 4 heteroatoms. The Morgan fingerprint density at radius 2 is 1.90 bits per heavy atom. The number of furan rings is 1. The predicted molar refractivity (Wildman–Crippen MR) is 82.1 cm³/mol. The fourth-order valence-corrected chi connectivity index (χ4v) is 2.23. The topological polar surface area (TPSA) is 39.4 Å². The molecule has 3 rings (SSSR count). The van der Waals surface area contributed by atoms with E-state index in [9.17, 15) is 4.79 Å². The van der Waals surface area contributed by atoms with E-state index < -0.39 is 0 Å². The van der Waals surface area contributed by atoms with Gasteiger partial charge in [-0.15, -0.1) is 0 Å². The number of carbonyl (C=O) groups is 1. The lowest BCUT2D eigenvalue weighted by Gasteiger charge is -2.03. The minimum atomic E-state index is -0.0850. The summed E-state index contributed by atoms with van der Waals surface area (Å²) < 4.78 is 11.0. The van der Waals surface area contributed by atoms with E-state index in [2.05, 4.69) is 0 Å². The summed E-state index contributed by atoms with van der Waals surface area (Å²) in [6.45, 7) is 0.320. The number of Topliss-reactive ketones (excluding diaryl/α,β-unsaturated/α-hetero) is 1. The number of ether oxygens (including phenoxy) is 1. The zero-order valence-corrected chi connectivity index (χ0v) is 12.0. The number of ketones is 1. The molecule has 1 heterocycles. The second-order valence-corrected chi connectivity index (χ2v) is 5.06. The van der Waals surface area contributed by atoms with E-state index in [1.54, 1.807) is 24.3 Å². The van der Waals surface area contributed by atoms with E-state index in [1.807, 2.05) is 30.3 Å².